The highest BCUT2D eigenvalue weighted by Crippen LogP contribution is 2.32. The Hall–Kier alpha value is -2.92. The van der Waals surface area contributed by atoms with E-state index in [-0.39, 0.29) is 24.2 Å². The number of likely N-dealkylation sites (tertiary alicyclic amines) is 1. The molecule has 2 aliphatic heterocycles. The van der Waals surface area contributed by atoms with E-state index < -0.39 is 12.1 Å². The third-order valence-electron chi connectivity index (χ3n) is 4.92. The summed E-state index contributed by atoms with van der Waals surface area (Å²) in [5.41, 5.74) is 1.45. The van der Waals surface area contributed by atoms with Gasteiger partial charge in [-0.15, -0.1) is 0 Å². The normalized spacial score (nSPS) is 22.9. The first-order chi connectivity index (χ1) is 14.8. The number of carboxylic acid groups (broad SMARTS) is 1. The van der Waals surface area contributed by atoms with Gasteiger partial charge in [-0.25, -0.2) is 4.79 Å². The van der Waals surface area contributed by atoms with Crippen molar-refractivity contribution in [2.45, 2.75) is 43.9 Å². The van der Waals surface area contributed by atoms with Gasteiger partial charge in [-0.05, 0) is 31.0 Å². The van der Waals surface area contributed by atoms with Crippen LogP contribution in [0.3, 0.4) is 0 Å². The minimum Gasteiger partial charge on any atom is -0.475 e. The lowest BCUT2D eigenvalue weighted by atomic mass is 10.0. The molecule has 0 radical (unpaired) electrons. The smallest absolute Gasteiger partial charge is 0.475 e. The van der Waals surface area contributed by atoms with E-state index in [4.69, 9.17) is 23.8 Å². The van der Waals surface area contributed by atoms with Gasteiger partial charge in [-0.2, -0.15) is 13.2 Å². The maximum atomic E-state index is 12.7. The SMILES string of the molecule is O=C(O)C(F)(F)F.O=C(c1ccoc1)N1C[C@H](OCc2ccccn2)[C@H]2OCCC[C@H]21. The quantitative estimate of drug-likeness (QED) is 0.777. The fourth-order valence-corrected chi connectivity index (χ4v) is 3.52. The molecule has 0 aliphatic carbocycles. The zero-order valence-electron chi connectivity index (χ0n) is 16.3. The van der Waals surface area contributed by atoms with Crippen LogP contribution in [0.25, 0.3) is 0 Å². The van der Waals surface area contributed by atoms with E-state index in [0.29, 0.717) is 18.7 Å². The van der Waals surface area contributed by atoms with Gasteiger partial charge < -0.3 is 23.9 Å². The van der Waals surface area contributed by atoms with Gasteiger partial charge in [0.05, 0.1) is 36.7 Å². The van der Waals surface area contributed by atoms with Crippen molar-refractivity contribution in [3.05, 3.63) is 54.2 Å². The molecule has 2 aliphatic rings. The number of amides is 1. The second kappa shape index (κ2) is 9.92. The Morgan fingerprint density at radius 1 is 1.29 bits per heavy atom. The summed E-state index contributed by atoms with van der Waals surface area (Å²) in [5.74, 6) is -2.78. The molecule has 168 valence electrons. The zero-order valence-corrected chi connectivity index (χ0v) is 16.3. The summed E-state index contributed by atoms with van der Waals surface area (Å²) in [6, 6.07) is 7.51. The van der Waals surface area contributed by atoms with Gasteiger partial charge in [0, 0.05) is 12.8 Å². The molecule has 0 unspecified atom stereocenters. The highest BCUT2D eigenvalue weighted by molar-refractivity contribution is 5.94. The van der Waals surface area contributed by atoms with Crippen molar-refractivity contribution in [1.29, 1.82) is 0 Å². The van der Waals surface area contributed by atoms with E-state index in [1.807, 2.05) is 23.1 Å². The molecule has 0 saturated carbocycles. The van der Waals surface area contributed by atoms with E-state index in [1.54, 1.807) is 12.3 Å². The lowest BCUT2D eigenvalue weighted by Gasteiger charge is -2.32. The summed E-state index contributed by atoms with van der Waals surface area (Å²) in [4.78, 5) is 27.8. The first-order valence-corrected chi connectivity index (χ1v) is 9.53. The van der Waals surface area contributed by atoms with Crippen molar-refractivity contribution in [3.8, 4) is 0 Å². The number of rotatable bonds is 4. The molecule has 2 saturated heterocycles. The average Bonchev–Trinajstić information content (AvgIpc) is 3.41. The van der Waals surface area contributed by atoms with Gasteiger partial charge in [0.1, 0.15) is 18.5 Å². The number of furan rings is 1. The number of fused-ring (bicyclic) bond motifs is 1. The number of ether oxygens (including phenoxy) is 2. The molecule has 11 heteroatoms. The number of carbonyl (C=O) groups excluding carboxylic acids is 1. The monoisotopic (exact) mass is 442 g/mol. The van der Waals surface area contributed by atoms with Crippen molar-refractivity contribution < 1.29 is 41.8 Å². The largest absolute Gasteiger partial charge is 0.490 e. The summed E-state index contributed by atoms with van der Waals surface area (Å²) in [7, 11) is 0. The Kier molecular flexibility index (Phi) is 7.29. The van der Waals surface area contributed by atoms with E-state index >= 15 is 0 Å². The predicted octanol–water partition coefficient (Wildman–Crippen LogP) is 2.90. The topological polar surface area (TPSA) is 102 Å². The predicted molar refractivity (Wildman–Crippen MR) is 99.0 cm³/mol. The number of hydrogen-bond acceptors (Lipinski definition) is 6. The second-order valence-corrected chi connectivity index (χ2v) is 6.99. The molecule has 1 N–H and O–H groups in total. The molecular weight excluding hydrogens is 421 g/mol. The molecule has 2 aromatic heterocycles. The summed E-state index contributed by atoms with van der Waals surface area (Å²) in [5, 5.41) is 7.12. The molecule has 31 heavy (non-hydrogen) atoms. The molecule has 0 aromatic carbocycles. The lowest BCUT2D eigenvalue weighted by molar-refractivity contribution is -0.192. The van der Waals surface area contributed by atoms with E-state index in [0.717, 1.165) is 25.1 Å². The van der Waals surface area contributed by atoms with Crippen molar-refractivity contribution in [2.75, 3.05) is 13.2 Å². The van der Waals surface area contributed by atoms with Crippen LogP contribution in [0.15, 0.2) is 47.4 Å². The minimum atomic E-state index is -5.08. The van der Waals surface area contributed by atoms with E-state index in [9.17, 15) is 18.0 Å². The van der Waals surface area contributed by atoms with E-state index in [2.05, 4.69) is 4.98 Å². The van der Waals surface area contributed by atoms with Crippen molar-refractivity contribution in [1.82, 2.24) is 9.88 Å². The fourth-order valence-electron chi connectivity index (χ4n) is 3.52. The highest BCUT2D eigenvalue weighted by Gasteiger charge is 2.47. The highest BCUT2D eigenvalue weighted by atomic mass is 19.4. The lowest BCUT2D eigenvalue weighted by Crippen LogP contribution is -2.43. The minimum absolute atomic E-state index is 0.0202. The Morgan fingerprint density at radius 3 is 2.68 bits per heavy atom. The van der Waals surface area contributed by atoms with Crippen LogP contribution >= 0.6 is 0 Å². The molecule has 1 amide bonds. The third kappa shape index (κ3) is 5.82. The Balaban J connectivity index is 0.000000339. The molecule has 3 atom stereocenters. The molecule has 0 bridgehead atoms. The number of carbonyl (C=O) groups is 2. The number of carboxylic acids is 1. The molecule has 4 heterocycles. The van der Waals surface area contributed by atoms with Crippen LogP contribution in [0, 0.1) is 0 Å². The number of aromatic nitrogens is 1. The summed E-state index contributed by atoms with van der Waals surface area (Å²) < 4.78 is 48.8. The zero-order chi connectivity index (χ0) is 22.4. The number of alkyl halides is 3. The first-order valence-electron chi connectivity index (χ1n) is 9.53. The Morgan fingerprint density at radius 2 is 2.06 bits per heavy atom. The van der Waals surface area contributed by atoms with Crippen molar-refractivity contribution >= 4 is 11.9 Å². The van der Waals surface area contributed by atoms with Crippen LogP contribution in [-0.2, 0) is 20.9 Å². The molecular formula is C20H21F3N2O6. The number of halogens is 3. The van der Waals surface area contributed by atoms with Gasteiger partial charge in [0.25, 0.3) is 5.91 Å². The van der Waals surface area contributed by atoms with Crippen LogP contribution < -0.4 is 0 Å². The number of aliphatic carboxylic acids is 1. The van der Waals surface area contributed by atoms with Gasteiger partial charge >= 0.3 is 12.1 Å². The summed E-state index contributed by atoms with van der Waals surface area (Å²) in [6.07, 6.45) is 1.38. The van der Waals surface area contributed by atoms with Crippen LogP contribution in [0.5, 0.6) is 0 Å². The van der Waals surface area contributed by atoms with Crippen molar-refractivity contribution in [3.63, 3.8) is 0 Å². The fraction of sp³-hybridized carbons (Fsp3) is 0.450. The van der Waals surface area contributed by atoms with Gasteiger partial charge in [-0.3, -0.25) is 9.78 Å². The Labute approximate surface area is 175 Å². The number of hydrogen-bond donors (Lipinski definition) is 1. The van der Waals surface area contributed by atoms with E-state index in [1.165, 1.54) is 12.5 Å². The number of pyridine rings is 1. The summed E-state index contributed by atoms with van der Waals surface area (Å²) in [6.45, 7) is 1.68. The average molecular weight is 442 g/mol. The second-order valence-electron chi connectivity index (χ2n) is 6.99. The van der Waals surface area contributed by atoms with Crippen LogP contribution in [0.4, 0.5) is 13.2 Å². The molecule has 0 spiro atoms. The van der Waals surface area contributed by atoms with Crippen LogP contribution in [-0.4, -0.2) is 64.4 Å². The maximum absolute atomic E-state index is 12.7. The van der Waals surface area contributed by atoms with Crippen molar-refractivity contribution in [2.24, 2.45) is 0 Å². The Bertz CT molecular complexity index is 860. The molecule has 2 fully saturated rings. The van der Waals surface area contributed by atoms with Gasteiger partial charge in [0.15, 0.2) is 0 Å². The first kappa shape index (κ1) is 22.8. The molecule has 4 rings (SSSR count). The van der Waals surface area contributed by atoms with Gasteiger partial charge in [-0.1, -0.05) is 6.07 Å². The molecule has 8 nitrogen and oxygen atoms in total. The number of nitrogens with zero attached hydrogens (tertiary/aromatic N) is 2. The summed E-state index contributed by atoms with van der Waals surface area (Å²) >= 11 is 0. The third-order valence-corrected chi connectivity index (χ3v) is 4.92. The standard InChI is InChI=1S/C18H20N2O4.C2HF3O2/c21-18(13-6-9-22-11-13)20-10-16(17-15(20)5-3-8-23-17)24-12-14-4-1-2-7-19-14;3-2(4,5)1(6)7/h1-2,4,6-7,9,11,15-17H,3,5,8,10,12H2;(H,6,7)/t15-,16+,17+;/m1./s1. The van der Waals surface area contributed by atoms with Crippen LogP contribution in [0.2, 0.25) is 0 Å². The molecule has 2 aromatic rings. The maximum Gasteiger partial charge on any atom is 0.490 e. The van der Waals surface area contributed by atoms with Gasteiger partial charge in [0.2, 0.25) is 0 Å². The van der Waals surface area contributed by atoms with Crippen LogP contribution in [0.1, 0.15) is 28.9 Å².